The lowest BCUT2D eigenvalue weighted by Crippen LogP contribution is -2.08. The highest BCUT2D eigenvalue weighted by Gasteiger charge is 2.19. The molecule has 3 heteroatoms. The van der Waals surface area contributed by atoms with Crippen molar-refractivity contribution in [3.8, 4) is 0 Å². The summed E-state index contributed by atoms with van der Waals surface area (Å²) in [6, 6.07) is 0. The van der Waals surface area contributed by atoms with Gasteiger partial charge in [-0.1, -0.05) is 47.8 Å². The third kappa shape index (κ3) is 22.7. The van der Waals surface area contributed by atoms with Crippen LogP contribution in [0.4, 0.5) is 8.78 Å². The predicted molar refractivity (Wildman–Crippen MR) is 63.4 cm³/mol. The molecule has 0 nitrogen and oxygen atoms in total. The molecule has 0 aromatic carbocycles. The van der Waals surface area contributed by atoms with Gasteiger partial charge >= 0.3 is 0 Å². The summed E-state index contributed by atoms with van der Waals surface area (Å²) >= 11 is 3.21. The lowest BCUT2D eigenvalue weighted by atomic mass is 10.1. The van der Waals surface area contributed by atoms with E-state index in [1.807, 2.05) is 13.8 Å². The quantitative estimate of drug-likeness (QED) is 0.367. The Morgan fingerprint density at radius 1 is 1.36 bits per heavy atom. The van der Waals surface area contributed by atoms with Gasteiger partial charge in [0.1, 0.15) is 0 Å². The number of alkyl halides is 3. The van der Waals surface area contributed by atoms with Crippen molar-refractivity contribution in [2.24, 2.45) is 0 Å². The van der Waals surface area contributed by atoms with E-state index in [-0.39, 0.29) is 6.42 Å². The first-order valence-corrected chi connectivity index (χ1v) is 6.03. The van der Waals surface area contributed by atoms with Crippen LogP contribution in [0, 0.1) is 0 Å². The fourth-order valence-electron chi connectivity index (χ4n) is 0.685. The molecule has 0 spiro atoms. The zero-order chi connectivity index (χ0) is 11.6. The maximum absolute atomic E-state index is 12.0. The molecule has 0 bridgehead atoms. The predicted octanol–water partition coefficient (Wildman–Crippen LogP) is 5.18. The minimum Gasteiger partial charge on any atom is -0.207 e. The molecule has 0 aliphatic carbocycles. The van der Waals surface area contributed by atoms with Crippen LogP contribution in [-0.4, -0.2) is 11.3 Å². The Kier molecular flexibility index (Phi) is 11.4. The van der Waals surface area contributed by atoms with Gasteiger partial charge in [-0.15, -0.1) is 0 Å². The summed E-state index contributed by atoms with van der Waals surface area (Å²) < 4.78 is 24.1. The molecule has 0 heterocycles. The van der Waals surface area contributed by atoms with Crippen molar-refractivity contribution in [2.75, 3.05) is 5.33 Å². The molecule has 0 fully saturated rings. The molecular weight excluding hydrogens is 250 g/mol. The molecule has 0 radical (unpaired) electrons. The van der Waals surface area contributed by atoms with Crippen LogP contribution in [0.1, 0.15) is 46.5 Å². The summed E-state index contributed by atoms with van der Waals surface area (Å²) in [4.78, 5) is 0. The van der Waals surface area contributed by atoms with Crippen molar-refractivity contribution < 1.29 is 8.78 Å². The zero-order valence-corrected chi connectivity index (χ0v) is 11.0. The SMILES string of the molecule is C=C(C)CBr.CCCCCC(C)(F)F. The standard InChI is InChI=1S/C7H14F2.C4H7Br/c1-3-4-5-6-7(2,8)9;1-4(2)3-5/h3-6H2,1-2H3;1,3H2,2H3. The first-order valence-electron chi connectivity index (χ1n) is 4.91. The Balaban J connectivity index is 0. The van der Waals surface area contributed by atoms with Crippen molar-refractivity contribution in [3.05, 3.63) is 12.2 Å². The topological polar surface area (TPSA) is 0 Å². The Labute approximate surface area is 94.9 Å². The molecule has 0 rings (SSSR count). The number of unbranched alkanes of at least 4 members (excludes halogenated alkanes) is 2. The average Bonchev–Trinajstić information content (AvgIpc) is 2.04. The monoisotopic (exact) mass is 270 g/mol. The second kappa shape index (κ2) is 9.63. The number of halogens is 3. The number of hydrogen-bond acceptors (Lipinski definition) is 0. The van der Waals surface area contributed by atoms with Crippen molar-refractivity contribution in [1.82, 2.24) is 0 Å². The summed E-state index contributed by atoms with van der Waals surface area (Å²) in [5.41, 5.74) is 1.17. The van der Waals surface area contributed by atoms with E-state index in [0.29, 0.717) is 6.42 Å². The molecule has 0 saturated carbocycles. The van der Waals surface area contributed by atoms with Gasteiger partial charge in [0.15, 0.2) is 0 Å². The molecule has 0 aliphatic heterocycles. The Morgan fingerprint density at radius 2 is 1.79 bits per heavy atom. The van der Waals surface area contributed by atoms with Crippen LogP contribution in [-0.2, 0) is 0 Å². The third-order valence-corrected chi connectivity index (χ3v) is 2.40. The van der Waals surface area contributed by atoms with Gasteiger partial charge in [-0.05, 0) is 20.3 Å². The molecule has 0 N–H and O–H groups in total. The normalized spacial score (nSPS) is 10.4. The van der Waals surface area contributed by atoms with E-state index < -0.39 is 5.92 Å². The van der Waals surface area contributed by atoms with Crippen molar-refractivity contribution in [3.63, 3.8) is 0 Å². The smallest absolute Gasteiger partial charge is 0.207 e. The van der Waals surface area contributed by atoms with Crippen LogP contribution in [0.15, 0.2) is 12.2 Å². The largest absolute Gasteiger partial charge is 0.245 e. The molecule has 0 aromatic heterocycles. The molecular formula is C11H21BrF2. The summed E-state index contributed by atoms with van der Waals surface area (Å²) in [6.45, 7) is 8.59. The molecule has 0 amide bonds. The number of allylic oxidation sites excluding steroid dienone is 1. The highest BCUT2D eigenvalue weighted by atomic mass is 79.9. The Morgan fingerprint density at radius 3 is 2.00 bits per heavy atom. The Bertz CT molecular complexity index is 139. The Hall–Kier alpha value is 0.0800. The molecule has 0 atom stereocenters. The molecule has 86 valence electrons. The van der Waals surface area contributed by atoms with Gasteiger partial charge in [0.05, 0.1) is 0 Å². The van der Waals surface area contributed by atoms with Gasteiger partial charge in [0.25, 0.3) is 0 Å². The molecule has 14 heavy (non-hydrogen) atoms. The highest BCUT2D eigenvalue weighted by molar-refractivity contribution is 9.09. The van der Waals surface area contributed by atoms with E-state index in [9.17, 15) is 8.78 Å². The van der Waals surface area contributed by atoms with E-state index in [1.165, 1.54) is 5.57 Å². The van der Waals surface area contributed by atoms with Crippen LogP contribution >= 0.6 is 15.9 Å². The molecule has 0 saturated heterocycles. The van der Waals surface area contributed by atoms with Crippen molar-refractivity contribution in [2.45, 2.75) is 52.4 Å². The summed E-state index contributed by atoms with van der Waals surface area (Å²) in [5.74, 6) is -2.45. The number of rotatable bonds is 5. The fourth-order valence-corrected chi connectivity index (χ4v) is 0.685. The number of hydrogen-bond donors (Lipinski definition) is 0. The van der Waals surface area contributed by atoms with Gasteiger partial charge in [-0.2, -0.15) is 0 Å². The summed E-state index contributed by atoms with van der Waals surface area (Å²) in [7, 11) is 0. The van der Waals surface area contributed by atoms with Crippen molar-refractivity contribution in [1.29, 1.82) is 0 Å². The van der Waals surface area contributed by atoms with Gasteiger partial charge in [0.2, 0.25) is 5.92 Å². The van der Waals surface area contributed by atoms with Gasteiger partial charge in [-0.25, -0.2) is 8.78 Å². The van der Waals surface area contributed by atoms with Crippen LogP contribution in [0.3, 0.4) is 0 Å². The molecule has 0 unspecified atom stereocenters. The fraction of sp³-hybridized carbons (Fsp3) is 0.818. The van der Waals surface area contributed by atoms with Crippen LogP contribution in [0.2, 0.25) is 0 Å². The summed E-state index contributed by atoms with van der Waals surface area (Å²) in [6.07, 6.45) is 2.63. The minimum atomic E-state index is -2.45. The van der Waals surface area contributed by atoms with Gasteiger partial charge in [0, 0.05) is 11.8 Å². The lowest BCUT2D eigenvalue weighted by molar-refractivity contribution is 0.0105. The molecule has 0 aliphatic rings. The third-order valence-electron chi connectivity index (χ3n) is 1.45. The van der Waals surface area contributed by atoms with Crippen LogP contribution in [0.25, 0.3) is 0 Å². The van der Waals surface area contributed by atoms with Gasteiger partial charge in [-0.3, -0.25) is 0 Å². The van der Waals surface area contributed by atoms with Crippen LogP contribution in [0.5, 0.6) is 0 Å². The maximum atomic E-state index is 12.0. The lowest BCUT2D eigenvalue weighted by Gasteiger charge is -2.07. The first kappa shape index (κ1) is 16.5. The average molecular weight is 271 g/mol. The second-order valence-corrected chi connectivity index (χ2v) is 4.18. The minimum absolute atomic E-state index is 0.0425. The van der Waals surface area contributed by atoms with Crippen LogP contribution < -0.4 is 0 Å². The van der Waals surface area contributed by atoms with Gasteiger partial charge < -0.3 is 0 Å². The van der Waals surface area contributed by atoms with E-state index in [1.54, 1.807) is 0 Å². The summed E-state index contributed by atoms with van der Waals surface area (Å²) in [5, 5.41) is 0.924. The zero-order valence-electron chi connectivity index (χ0n) is 9.38. The second-order valence-electron chi connectivity index (χ2n) is 3.62. The van der Waals surface area contributed by atoms with E-state index in [4.69, 9.17) is 0 Å². The van der Waals surface area contributed by atoms with E-state index >= 15 is 0 Å². The molecule has 0 aromatic rings. The maximum Gasteiger partial charge on any atom is 0.245 e. The van der Waals surface area contributed by atoms with Crippen molar-refractivity contribution >= 4 is 15.9 Å². The first-order chi connectivity index (χ1) is 6.33. The van der Waals surface area contributed by atoms with E-state index in [2.05, 4.69) is 22.5 Å². The van der Waals surface area contributed by atoms with E-state index in [0.717, 1.165) is 25.1 Å². The highest BCUT2D eigenvalue weighted by Crippen LogP contribution is 2.19.